The van der Waals surface area contributed by atoms with Crippen molar-refractivity contribution < 1.29 is 23.2 Å². The van der Waals surface area contributed by atoms with Gasteiger partial charge in [0, 0.05) is 11.5 Å². The van der Waals surface area contributed by atoms with E-state index in [2.05, 4.69) is 0 Å². The van der Waals surface area contributed by atoms with Crippen LogP contribution in [-0.4, -0.2) is 29.9 Å². The van der Waals surface area contributed by atoms with Gasteiger partial charge in [-0.1, -0.05) is 12.1 Å². The summed E-state index contributed by atoms with van der Waals surface area (Å²) in [5, 5.41) is 0. The maximum absolute atomic E-state index is 12.5. The van der Waals surface area contributed by atoms with Crippen molar-refractivity contribution >= 4 is 19.4 Å². The molecule has 0 saturated carbocycles. The van der Waals surface area contributed by atoms with Crippen molar-refractivity contribution in [3.05, 3.63) is 46.9 Å². The fourth-order valence-electron chi connectivity index (χ4n) is 2.27. The fourth-order valence-corrected chi connectivity index (χ4v) is 3.78. The lowest BCUT2D eigenvalue weighted by molar-refractivity contribution is 0.0705. The molecule has 0 N–H and O–H groups in total. The molecule has 1 aliphatic rings. The van der Waals surface area contributed by atoms with Crippen molar-refractivity contribution in [1.82, 2.24) is 4.90 Å². The third kappa shape index (κ3) is 3.04. The first kappa shape index (κ1) is 16.6. The third-order valence-electron chi connectivity index (χ3n) is 3.11. The van der Waals surface area contributed by atoms with E-state index in [0.29, 0.717) is 11.1 Å². The predicted octanol–water partition coefficient (Wildman–Crippen LogP) is 3.41. The van der Waals surface area contributed by atoms with Crippen LogP contribution in [-0.2, 0) is 13.6 Å². The van der Waals surface area contributed by atoms with Crippen LogP contribution in [0.2, 0.25) is 0 Å². The SMILES string of the molecule is CCOP(=O)(/C=C(\C)N1C(=O)c2ccccc2C1=O)OCC. The Morgan fingerprint density at radius 2 is 1.55 bits per heavy atom. The van der Waals surface area contributed by atoms with Gasteiger partial charge in [-0.15, -0.1) is 0 Å². The quantitative estimate of drug-likeness (QED) is 0.592. The monoisotopic (exact) mass is 323 g/mol. The van der Waals surface area contributed by atoms with E-state index >= 15 is 0 Å². The molecule has 1 heterocycles. The summed E-state index contributed by atoms with van der Waals surface area (Å²) in [7, 11) is -3.48. The van der Waals surface area contributed by atoms with Crippen LogP contribution in [0.3, 0.4) is 0 Å². The summed E-state index contributed by atoms with van der Waals surface area (Å²) in [6.07, 6.45) is 0. The normalized spacial score (nSPS) is 15.4. The number of benzene rings is 1. The van der Waals surface area contributed by atoms with Gasteiger partial charge in [0.1, 0.15) is 0 Å². The van der Waals surface area contributed by atoms with Crippen LogP contribution >= 0.6 is 7.60 Å². The molecular weight excluding hydrogens is 305 g/mol. The number of hydrogen-bond donors (Lipinski definition) is 0. The van der Waals surface area contributed by atoms with E-state index in [-0.39, 0.29) is 18.9 Å². The number of imide groups is 1. The summed E-state index contributed by atoms with van der Waals surface area (Å²) in [6.45, 7) is 5.31. The molecule has 1 aromatic carbocycles. The Balaban J connectivity index is 2.36. The molecule has 1 aromatic rings. The van der Waals surface area contributed by atoms with Gasteiger partial charge in [-0.05, 0) is 32.9 Å². The zero-order valence-corrected chi connectivity index (χ0v) is 13.6. The molecule has 0 atom stereocenters. The van der Waals surface area contributed by atoms with Crippen molar-refractivity contribution in [3.63, 3.8) is 0 Å². The fraction of sp³-hybridized carbons (Fsp3) is 0.333. The molecule has 2 rings (SSSR count). The smallest absolute Gasteiger partial charge is 0.306 e. The highest BCUT2D eigenvalue weighted by Crippen LogP contribution is 2.51. The number of amides is 2. The highest BCUT2D eigenvalue weighted by atomic mass is 31.2. The van der Waals surface area contributed by atoms with E-state index in [9.17, 15) is 14.2 Å². The minimum absolute atomic E-state index is 0.198. The first-order chi connectivity index (χ1) is 10.4. The van der Waals surface area contributed by atoms with Gasteiger partial charge in [-0.2, -0.15) is 0 Å². The average Bonchev–Trinajstić information content (AvgIpc) is 2.71. The molecule has 0 saturated heterocycles. The van der Waals surface area contributed by atoms with Crippen LogP contribution in [0.4, 0.5) is 0 Å². The number of carbonyl (C=O) groups is 2. The number of allylic oxidation sites excluding steroid dienone is 1. The minimum atomic E-state index is -3.48. The molecule has 6 nitrogen and oxygen atoms in total. The maximum Gasteiger partial charge on any atom is 0.355 e. The Kier molecular flexibility index (Phi) is 4.96. The van der Waals surface area contributed by atoms with E-state index < -0.39 is 19.4 Å². The van der Waals surface area contributed by atoms with E-state index in [4.69, 9.17) is 9.05 Å². The van der Waals surface area contributed by atoms with E-state index in [1.54, 1.807) is 38.1 Å². The molecule has 0 fully saturated rings. The van der Waals surface area contributed by atoms with Crippen LogP contribution in [0.1, 0.15) is 41.5 Å². The molecule has 0 radical (unpaired) electrons. The molecule has 7 heteroatoms. The molecule has 0 unspecified atom stereocenters. The van der Waals surface area contributed by atoms with Crippen molar-refractivity contribution in [3.8, 4) is 0 Å². The van der Waals surface area contributed by atoms with Gasteiger partial charge in [-0.3, -0.25) is 14.2 Å². The van der Waals surface area contributed by atoms with E-state index in [1.807, 2.05) is 0 Å². The molecule has 0 aliphatic carbocycles. The molecule has 2 amide bonds. The van der Waals surface area contributed by atoms with Crippen LogP contribution in [0, 0.1) is 0 Å². The van der Waals surface area contributed by atoms with Crippen molar-refractivity contribution in [1.29, 1.82) is 0 Å². The highest BCUT2D eigenvalue weighted by molar-refractivity contribution is 7.57. The Hall–Kier alpha value is -1.75. The summed E-state index contributed by atoms with van der Waals surface area (Å²) in [5.41, 5.74) is 0.905. The Bertz CT molecular complexity index is 637. The van der Waals surface area contributed by atoms with Crippen LogP contribution in [0.25, 0.3) is 0 Å². The van der Waals surface area contributed by atoms with Gasteiger partial charge in [0.2, 0.25) is 0 Å². The van der Waals surface area contributed by atoms with Crippen LogP contribution < -0.4 is 0 Å². The lowest BCUT2D eigenvalue weighted by atomic mass is 10.1. The summed E-state index contributed by atoms with van der Waals surface area (Å²) in [4.78, 5) is 25.7. The zero-order valence-electron chi connectivity index (χ0n) is 12.7. The van der Waals surface area contributed by atoms with Crippen molar-refractivity contribution in [2.24, 2.45) is 0 Å². The van der Waals surface area contributed by atoms with Gasteiger partial charge in [-0.25, -0.2) is 4.90 Å². The predicted molar refractivity (Wildman–Crippen MR) is 81.6 cm³/mol. The second-order valence-corrected chi connectivity index (χ2v) is 6.49. The van der Waals surface area contributed by atoms with Crippen molar-refractivity contribution in [2.75, 3.05) is 13.2 Å². The lowest BCUT2D eigenvalue weighted by Crippen LogP contribution is -2.27. The summed E-state index contributed by atoms with van der Waals surface area (Å²) in [6, 6.07) is 6.57. The number of fused-ring (bicyclic) bond motifs is 1. The largest absolute Gasteiger partial charge is 0.355 e. The van der Waals surface area contributed by atoms with Gasteiger partial charge >= 0.3 is 7.60 Å². The van der Waals surface area contributed by atoms with Crippen LogP contribution in [0.15, 0.2) is 35.8 Å². The second kappa shape index (κ2) is 6.57. The Morgan fingerprint density at radius 3 is 1.95 bits per heavy atom. The van der Waals surface area contributed by atoms with Gasteiger partial charge in [0.15, 0.2) is 0 Å². The first-order valence-electron chi connectivity index (χ1n) is 6.99. The minimum Gasteiger partial charge on any atom is -0.306 e. The highest BCUT2D eigenvalue weighted by Gasteiger charge is 2.37. The lowest BCUT2D eigenvalue weighted by Gasteiger charge is -2.18. The van der Waals surface area contributed by atoms with Gasteiger partial charge < -0.3 is 9.05 Å². The molecule has 0 bridgehead atoms. The maximum atomic E-state index is 12.5. The van der Waals surface area contributed by atoms with E-state index in [0.717, 1.165) is 4.90 Å². The number of hydrogen-bond acceptors (Lipinski definition) is 5. The first-order valence-corrected chi connectivity index (χ1v) is 8.60. The summed E-state index contributed by atoms with van der Waals surface area (Å²) >= 11 is 0. The van der Waals surface area contributed by atoms with Crippen LogP contribution in [0.5, 0.6) is 0 Å². The third-order valence-corrected chi connectivity index (χ3v) is 5.04. The number of rotatable bonds is 6. The average molecular weight is 323 g/mol. The summed E-state index contributed by atoms with van der Waals surface area (Å²) < 4.78 is 22.8. The van der Waals surface area contributed by atoms with Crippen molar-refractivity contribution in [2.45, 2.75) is 20.8 Å². The topological polar surface area (TPSA) is 72.9 Å². The molecule has 1 aliphatic heterocycles. The summed E-state index contributed by atoms with van der Waals surface area (Å²) in [5.74, 6) is 0.351. The zero-order chi connectivity index (χ0) is 16.3. The van der Waals surface area contributed by atoms with E-state index in [1.165, 1.54) is 12.7 Å². The second-order valence-electron chi connectivity index (χ2n) is 4.64. The molecule has 118 valence electrons. The van der Waals surface area contributed by atoms with Gasteiger partial charge in [0.25, 0.3) is 11.8 Å². The van der Waals surface area contributed by atoms with Gasteiger partial charge in [0.05, 0.1) is 24.3 Å². The standard InChI is InChI=1S/C15H18NO5P/c1-4-20-22(19,21-5-2)10-11(3)16-14(17)12-8-6-7-9-13(12)15(16)18/h6-10H,4-5H2,1-3H3/b11-10+. The molecular formula is C15H18NO5P. The Morgan fingerprint density at radius 1 is 1.09 bits per heavy atom. The number of carbonyl (C=O) groups excluding carboxylic acids is 2. The molecule has 0 spiro atoms. The molecule has 22 heavy (non-hydrogen) atoms. The molecule has 0 aromatic heterocycles. The number of nitrogens with zero attached hydrogens (tertiary/aromatic N) is 1. The Labute approximate surface area is 129 Å².